The van der Waals surface area contributed by atoms with Gasteiger partial charge in [0.15, 0.2) is 23.1 Å². The maximum absolute atomic E-state index is 12.2. The number of aliphatic hydroxyl groups is 3. The average molecular weight is 844 g/mol. The lowest BCUT2D eigenvalue weighted by Gasteiger charge is -2.52. The molecule has 20 atom stereocenters. The minimum absolute atomic E-state index is 0.0470. The van der Waals surface area contributed by atoms with Gasteiger partial charge in [-0.3, -0.25) is 10.1 Å². The molecule has 9 aliphatic heterocycles. The molecule has 5 N–H and O–H groups in total. The fourth-order valence-corrected chi connectivity index (χ4v) is 12.4. The number of aliphatic carboxylic acids is 1. The zero-order chi connectivity index (χ0) is 42.4. The van der Waals surface area contributed by atoms with E-state index in [-0.39, 0.29) is 55.2 Å². The van der Waals surface area contributed by atoms with E-state index in [1.807, 2.05) is 12.2 Å². The van der Waals surface area contributed by atoms with Gasteiger partial charge in [-0.2, -0.15) is 0 Å². The van der Waals surface area contributed by atoms with Crippen molar-refractivity contribution in [2.24, 2.45) is 29.6 Å². The Labute approximate surface area is 354 Å². The summed E-state index contributed by atoms with van der Waals surface area (Å²) in [5.74, 6) is -4.45. The molecule has 0 aliphatic carbocycles. The molecule has 0 aromatic rings. The first kappa shape index (κ1) is 43.5. The highest BCUT2D eigenvalue weighted by Crippen LogP contribution is 2.55. The summed E-state index contributed by atoms with van der Waals surface area (Å²) >= 11 is 0. The molecule has 3 spiro atoms. The van der Waals surface area contributed by atoms with Crippen LogP contribution in [0.5, 0.6) is 0 Å². The van der Waals surface area contributed by atoms with Gasteiger partial charge in [0.2, 0.25) is 0 Å². The van der Waals surface area contributed by atoms with E-state index < -0.39 is 65.4 Å². The third-order valence-electron chi connectivity index (χ3n) is 15.5. The number of hydrogen-bond acceptors (Lipinski definition) is 13. The van der Waals surface area contributed by atoms with Crippen molar-refractivity contribution in [1.29, 1.82) is 0 Å². The number of carboxylic acid groups (broad SMARTS) is 1. The summed E-state index contributed by atoms with van der Waals surface area (Å²) in [5.41, 5.74) is 0.375. The number of carboxylic acids is 1. The highest BCUT2D eigenvalue weighted by molar-refractivity contribution is 5.67. The zero-order valence-electron chi connectivity index (χ0n) is 36.0. The van der Waals surface area contributed by atoms with Crippen LogP contribution in [0, 0.1) is 29.6 Å². The normalized spacial score (nSPS) is 52.2. The molecular weight excluding hydrogens is 775 g/mol. The summed E-state index contributed by atoms with van der Waals surface area (Å²) in [6.45, 7) is 16.5. The Balaban J connectivity index is 0.831. The number of fused-ring (bicyclic) bond motifs is 5. The summed E-state index contributed by atoms with van der Waals surface area (Å²) in [6.07, 6.45) is 9.13. The molecule has 9 aliphatic rings. The molecule has 0 aromatic carbocycles. The van der Waals surface area contributed by atoms with Gasteiger partial charge in [-0.05, 0) is 67.4 Å². The van der Waals surface area contributed by atoms with Gasteiger partial charge >= 0.3 is 5.97 Å². The minimum atomic E-state index is -1.86. The van der Waals surface area contributed by atoms with E-state index >= 15 is 0 Å². The summed E-state index contributed by atoms with van der Waals surface area (Å²) in [5, 5.41) is 46.9. The predicted octanol–water partition coefficient (Wildman–Crippen LogP) is 4.98. The fraction of sp³-hybridized carbons (Fsp3) is 0.848. The monoisotopic (exact) mass is 843 g/mol. The van der Waals surface area contributed by atoms with Gasteiger partial charge in [-0.15, -0.1) is 0 Å². The molecular formula is C46H69NO13. The summed E-state index contributed by atoms with van der Waals surface area (Å²) < 4.78 is 53.7. The standard InChI is InChI=1S/C46H69NO13/c1-25-17-35-40-37(23-44(58-40)29(5)16-26(2)24-47-44)56-43(21-25,55-35)22-28(4)39-27(3)11-13-45(52,59-39)41(51)36-20-34-33(53-36)18-30(6)46(57-34)15-14-42(60-46)12-7-8-32(54-42)10-9-31(48)19-38(49)50/h7,9-10,12,25-27,29-37,39-41,47-48,51-52H,4,8,11,13-24H2,1-3,5-6H3,(H,49,50)/b10-9+/t25-,26+,27+,29-,30+,31+,32+,33+,34+,35-,36?,37?,39+,40?,41+,42+,43-,44-,45-,46-/m1/s1. The van der Waals surface area contributed by atoms with Gasteiger partial charge in [-0.1, -0.05) is 59.4 Å². The predicted molar refractivity (Wildman–Crippen MR) is 216 cm³/mol. The van der Waals surface area contributed by atoms with Crippen LogP contribution in [0.15, 0.2) is 36.5 Å². The molecule has 9 heterocycles. The van der Waals surface area contributed by atoms with Crippen LogP contribution in [0.4, 0.5) is 0 Å². The first-order chi connectivity index (χ1) is 28.4. The largest absolute Gasteiger partial charge is 0.481 e. The number of rotatable bonds is 9. The third-order valence-corrected chi connectivity index (χ3v) is 15.5. The Morgan fingerprint density at radius 2 is 1.68 bits per heavy atom. The Kier molecular flexibility index (Phi) is 11.6. The molecule has 0 saturated carbocycles. The summed E-state index contributed by atoms with van der Waals surface area (Å²) in [4.78, 5) is 11.0. The third kappa shape index (κ3) is 8.01. The van der Waals surface area contributed by atoms with Gasteiger partial charge in [-0.25, -0.2) is 0 Å². The van der Waals surface area contributed by atoms with Crippen molar-refractivity contribution in [3.8, 4) is 0 Å². The molecule has 8 fully saturated rings. The van der Waals surface area contributed by atoms with Gasteiger partial charge in [0.25, 0.3) is 0 Å². The number of carbonyl (C=O) groups is 1. The van der Waals surface area contributed by atoms with Crippen LogP contribution in [-0.2, 0) is 42.7 Å². The second-order valence-electron chi connectivity index (χ2n) is 20.6. The van der Waals surface area contributed by atoms with Gasteiger partial charge in [0.05, 0.1) is 55.3 Å². The molecule has 8 saturated heterocycles. The Hall–Kier alpha value is -1.79. The number of aliphatic hydroxyl groups excluding tert-OH is 2. The minimum Gasteiger partial charge on any atom is -0.481 e. The van der Waals surface area contributed by atoms with Crippen molar-refractivity contribution in [2.75, 3.05) is 6.54 Å². The molecule has 336 valence electrons. The quantitative estimate of drug-likeness (QED) is 0.196. The number of ether oxygens (including phenoxy) is 8. The lowest BCUT2D eigenvalue weighted by molar-refractivity contribution is -0.366. The average Bonchev–Trinajstić information content (AvgIpc) is 3.87. The molecule has 0 aromatic heterocycles. The Morgan fingerprint density at radius 1 is 0.883 bits per heavy atom. The first-order valence-corrected chi connectivity index (χ1v) is 22.9. The first-order valence-electron chi connectivity index (χ1n) is 22.9. The highest BCUT2D eigenvalue weighted by atomic mass is 16.8. The van der Waals surface area contributed by atoms with Crippen LogP contribution in [0.25, 0.3) is 0 Å². The molecule has 14 nitrogen and oxygen atoms in total. The van der Waals surface area contributed by atoms with Crippen LogP contribution in [0.1, 0.15) is 118 Å². The van der Waals surface area contributed by atoms with E-state index in [0.29, 0.717) is 62.7 Å². The second kappa shape index (κ2) is 16.0. The van der Waals surface area contributed by atoms with Gasteiger partial charge in [0.1, 0.15) is 17.9 Å². The molecule has 0 radical (unpaired) electrons. The van der Waals surface area contributed by atoms with Crippen molar-refractivity contribution in [1.82, 2.24) is 5.32 Å². The fourth-order valence-electron chi connectivity index (χ4n) is 12.4. The molecule has 14 heteroatoms. The lowest BCUT2D eigenvalue weighted by Crippen LogP contribution is -2.60. The van der Waals surface area contributed by atoms with Crippen LogP contribution < -0.4 is 5.32 Å². The number of hydrogen-bond donors (Lipinski definition) is 5. The maximum Gasteiger partial charge on any atom is 0.306 e. The summed E-state index contributed by atoms with van der Waals surface area (Å²) in [7, 11) is 0. The molecule has 2 bridgehead atoms. The van der Waals surface area contributed by atoms with E-state index in [4.69, 9.17) is 43.0 Å². The van der Waals surface area contributed by atoms with E-state index in [9.17, 15) is 20.1 Å². The van der Waals surface area contributed by atoms with Crippen molar-refractivity contribution >= 4 is 5.97 Å². The van der Waals surface area contributed by atoms with Crippen molar-refractivity contribution in [2.45, 2.75) is 208 Å². The lowest BCUT2D eigenvalue weighted by atomic mass is 9.79. The van der Waals surface area contributed by atoms with Crippen LogP contribution >= 0.6 is 0 Å². The number of nitrogens with one attached hydrogen (secondary N) is 1. The summed E-state index contributed by atoms with van der Waals surface area (Å²) in [6, 6.07) is 0. The Morgan fingerprint density at radius 3 is 2.47 bits per heavy atom. The van der Waals surface area contributed by atoms with E-state index in [1.54, 1.807) is 6.08 Å². The van der Waals surface area contributed by atoms with E-state index in [0.717, 1.165) is 37.8 Å². The van der Waals surface area contributed by atoms with E-state index in [1.165, 1.54) is 6.08 Å². The molecule has 60 heavy (non-hydrogen) atoms. The van der Waals surface area contributed by atoms with Gasteiger partial charge < -0.3 is 58.3 Å². The van der Waals surface area contributed by atoms with Crippen LogP contribution in [-0.4, -0.2) is 123 Å². The topological polar surface area (TPSA) is 184 Å². The van der Waals surface area contributed by atoms with Crippen LogP contribution in [0.3, 0.4) is 0 Å². The van der Waals surface area contributed by atoms with Crippen molar-refractivity contribution < 1.29 is 63.1 Å². The SMILES string of the molecule is C=C(C[C@]12C[C@H](C)C[C@@H](O1)C1O[C@@]3(CC1O2)NC[C@@H](C)C[C@H]3C)[C@H]1O[C@@](O)([C@@H](O)C2C[C@@H]3O[C@@]4(CC[C@]5(C=CC[C@@H](/C=C/[C@H](O)CC(=O)O)O5)O4)[C@@H](C)C[C@@H]3O2)CC[C@@H]1C. The molecule has 3 unspecified atom stereocenters. The highest BCUT2D eigenvalue weighted by Gasteiger charge is 2.63. The maximum atomic E-state index is 12.2. The zero-order valence-corrected chi connectivity index (χ0v) is 36.0. The van der Waals surface area contributed by atoms with E-state index in [2.05, 4.69) is 46.5 Å². The smallest absolute Gasteiger partial charge is 0.306 e. The van der Waals surface area contributed by atoms with Crippen molar-refractivity contribution in [3.63, 3.8) is 0 Å². The van der Waals surface area contributed by atoms with Gasteiger partial charge in [0, 0.05) is 57.4 Å². The van der Waals surface area contributed by atoms with Crippen LogP contribution in [0.2, 0.25) is 0 Å². The van der Waals surface area contributed by atoms with Crippen molar-refractivity contribution in [3.05, 3.63) is 36.5 Å². The molecule has 0 amide bonds. The molecule has 9 rings (SSSR count). The Bertz CT molecular complexity index is 1690. The number of piperidine rings is 1. The second-order valence-corrected chi connectivity index (χ2v) is 20.6.